The standard InChI is InChI=1S/C34H34N2O4/c37-32(26-38-23-27-13-5-1-6-14-27)34(40-25-29-17-9-3-10-18-29)33(39-24-28-15-7-2-8-16-28)30-21-35-36(22-30)31-19-11-4-12-20-31/h1-22,32-34,37H,23-26H2/t32-,33-,34-/m1/s1. The molecule has 4 aromatic carbocycles. The van der Waals surface area contributed by atoms with E-state index in [4.69, 9.17) is 14.2 Å². The van der Waals surface area contributed by atoms with Gasteiger partial charge in [0.05, 0.1) is 38.3 Å². The van der Waals surface area contributed by atoms with Gasteiger partial charge in [0.15, 0.2) is 0 Å². The van der Waals surface area contributed by atoms with Crippen LogP contribution in [0.1, 0.15) is 28.4 Å². The van der Waals surface area contributed by atoms with Crippen molar-refractivity contribution in [2.45, 2.75) is 38.1 Å². The molecule has 0 fully saturated rings. The van der Waals surface area contributed by atoms with Gasteiger partial charge in [0, 0.05) is 11.8 Å². The molecule has 3 atom stereocenters. The second-order valence-electron chi connectivity index (χ2n) is 9.60. The number of hydrogen-bond donors (Lipinski definition) is 1. The Hall–Kier alpha value is -4.07. The van der Waals surface area contributed by atoms with E-state index in [9.17, 15) is 5.11 Å². The minimum atomic E-state index is -0.951. The summed E-state index contributed by atoms with van der Waals surface area (Å²) in [5, 5.41) is 16.1. The van der Waals surface area contributed by atoms with Crippen molar-refractivity contribution >= 4 is 0 Å². The molecule has 0 aliphatic rings. The summed E-state index contributed by atoms with van der Waals surface area (Å²) < 4.78 is 20.7. The third-order valence-corrected chi connectivity index (χ3v) is 6.59. The van der Waals surface area contributed by atoms with Gasteiger partial charge in [-0.3, -0.25) is 0 Å². The number of rotatable bonds is 14. The summed E-state index contributed by atoms with van der Waals surface area (Å²) in [6.45, 7) is 1.15. The fraction of sp³-hybridized carbons (Fsp3) is 0.206. The van der Waals surface area contributed by atoms with E-state index in [0.717, 1.165) is 27.9 Å². The highest BCUT2D eigenvalue weighted by Gasteiger charge is 2.33. The lowest BCUT2D eigenvalue weighted by Gasteiger charge is -2.31. The molecule has 0 spiro atoms. The van der Waals surface area contributed by atoms with Crippen molar-refractivity contribution in [3.63, 3.8) is 0 Å². The van der Waals surface area contributed by atoms with Gasteiger partial charge in [-0.05, 0) is 28.8 Å². The number of ether oxygens (including phenoxy) is 3. The summed E-state index contributed by atoms with van der Waals surface area (Å²) in [6, 6.07) is 39.7. The van der Waals surface area contributed by atoms with Crippen LogP contribution in [0.15, 0.2) is 134 Å². The average Bonchev–Trinajstić information content (AvgIpc) is 3.51. The van der Waals surface area contributed by atoms with Gasteiger partial charge in [-0.15, -0.1) is 0 Å². The van der Waals surface area contributed by atoms with Gasteiger partial charge < -0.3 is 19.3 Å². The van der Waals surface area contributed by atoms with E-state index in [1.807, 2.05) is 128 Å². The topological polar surface area (TPSA) is 65.7 Å². The summed E-state index contributed by atoms with van der Waals surface area (Å²) in [7, 11) is 0. The lowest BCUT2D eigenvalue weighted by Crippen LogP contribution is -2.39. The fourth-order valence-electron chi connectivity index (χ4n) is 4.48. The Bertz CT molecular complexity index is 1400. The Morgan fingerprint density at radius 1 is 0.625 bits per heavy atom. The van der Waals surface area contributed by atoms with E-state index in [0.29, 0.717) is 19.8 Å². The molecule has 6 nitrogen and oxygen atoms in total. The third kappa shape index (κ3) is 7.74. The van der Waals surface area contributed by atoms with E-state index in [1.165, 1.54) is 0 Å². The minimum Gasteiger partial charge on any atom is -0.388 e. The molecule has 1 heterocycles. The van der Waals surface area contributed by atoms with Crippen LogP contribution in [-0.2, 0) is 34.0 Å². The molecule has 5 rings (SSSR count). The molecule has 6 heteroatoms. The zero-order chi connectivity index (χ0) is 27.4. The summed E-state index contributed by atoms with van der Waals surface area (Å²) in [5.41, 5.74) is 4.81. The Kier molecular flexibility index (Phi) is 9.87. The van der Waals surface area contributed by atoms with Crippen LogP contribution in [0.25, 0.3) is 5.69 Å². The first-order valence-electron chi connectivity index (χ1n) is 13.5. The molecule has 0 amide bonds. The zero-order valence-corrected chi connectivity index (χ0v) is 22.3. The second-order valence-corrected chi connectivity index (χ2v) is 9.60. The van der Waals surface area contributed by atoms with Crippen molar-refractivity contribution in [1.29, 1.82) is 0 Å². The van der Waals surface area contributed by atoms with Gasteiger partial charge >= 0.3 is 0 Å². The molecule has 0 unspecified atom stereocenters. The number of benzene rings is 4. The molecule has 1 N–H and O–H groups in total. The van der Waals surface area contributed by atoms with E-state index in [-0.39, 0.29) is 6.61 Å². The Labute approximate surface area is 235 Å². The summed E-state index contributed by atoms with van der Waals surface area (Å²) in [6.07, 6.45) is 1.44. The summed E-state index contributed by atoms with van der Waals surface area (Å²) in [4.78, 5) is 0. The fourth-order valence-corrected chi connectivity index (χ4v) is 4.48. The molecule has 0 saturated carbocycles. The predicted molar refractivity (Wildman–Crippen MR) is 155 cm³/mol. The maximum atomic E-state index is 11.5. The molecular formula is C34H34N2O4. The Morgan fingerprint density at radius 3 is 1.70 bits per heavy atom. The predicted octanol–water partition coefficient (Wildman–Crippen LogP) is 6.29. The molecule has 0 saturated heterocycles. The lowest BCUT2D eigenvalue weighted by atomic mass is 10.0. The molecule has 0 aliphatic carbocycles. The third-order valence-electron chi connectivity index (χ3n) is 6.59. The first-order valence-corrected chi connectivity index (χ1v) is 13.5. The van der Waals surface area contributed by atoms with Gasteiger partial charge in [0.1, 0.15) is 18.3 Å². The van der Waals surface area contributed by atoms with Crippen molar-refractivity contribution < 1.29 is 19.3 Å². The number of para-hydroxylation sites is 1. The average molecular weight is 535 g/mol. The van der Waals surface area contributed by atoms with E-state index in [1.54, 1.807) is 10.9 Å². The first-order chi connectivity index (χ1) is 19.8. The van der Waals surface area contributed by atoms with Crippen LogP contribution in [-0.4, -0.2) is 33.7 Å². The van der Waals surface area contributed by atoms with Crippen LogP contribution in [0.3, 0.4) is 0 Å². The highest BCUT2D eigenvalue weighted by Crippen LogP contribution is 2.29. The quantitative estimate of drug-likeness (QED) is 0.181. The normalized spacial score (nSPS) is 13.5. The summed E-state index contributed by atoms with van der Waals surface area (Å²) in [5.74, 6) is 0. The van der Waals surface area contributed by atoms with Crippen LogP contribution in [0.2, 0.25) is 0 Å². The molecule has 5 aromatic rings. The smallest absolute Gasteiger partial charge is 0.116 e. The molecule has 0 radical (unpaired) electrons. The van der Waals surface area contributed by atoms with Crippen LogP contribution in [0.5, 0.6) is 0 Å². The maximum absolute atomic E-state index is 11.5. The van der Waals surface area contributed by atoms with Crippen LogP contribution in [0.4, 0.5) is 0 Å². The molecule has 204 valence electrons. The van der Waals surface area contributed by atoms with Gasteiger partial charge in [-0.25, -0.2) is 4.68 Å². The largest absolute Gasteiger partial charge is 0.388 e. The van der Waals surface area contributed by atoms with Crippen molar-refractivity contribution in [2.75, 3.05) is 6.61 Å². The van der Waals surface area contributed by atoms with E-state index < -0.39 is 18.3 Å². The number of aliphatic hydroxyl groups excluding tert-OH is 1. The van der Waals surface area contributed by atoms with Gasteiger partial charge in [-0.2, -0.15) is 5.10 Å². The second kappa shape index (κ2) is 14.4. The maximum Gasteiger partial charge on any atom is 0.116 e. The van der Waals surface area contributed by atoms with Gasteiger partial charge in [0.25, 0.3) is 0 Å². The van der Waals surface area contributed by atoms with Crippen LogP contribution in [0, 0.1) is 0 Å². The lowest BCUT2D eigenvalue weighted by molar-refractivity contribution is -0.149. The van der Waals surface area contributed by atoms with Crippen molar-refractivity contribution in [1.82, 2.24) is 9.78 Å². The van der Waals surface area contributed by atoms with Crippen molar-refractivity contribution in [2.24, 2.45) is 0 Å². The van der Waals surface area contributed by atoms with Crippen LogP contribution < -0.4 is 0 Å². The van der Waals surface area contributed by atoms with Crippen molar-refractivity contribution in [3.05, 3.63) is 156 Å². The summed E-state index contributed by atoms with van der Waals surface area (Å²) >= 11 is 0. The number of hydrogen-bond acceptors (Lipinski definition) is 5. The molecular weight excluding hydrogens is 500 g/mol. The highest BCUT2D eigenvalue weighted by molar-refractivity contribution is 5.31. The minimum absolute atomic E-state index is 0.0897. The van der Waals surface area contributed by atoms with Gasteiger partial charge in [-0.1, -0.05) is 109 Å². The zero-order valence-electron chi connectivity index (χ0n) is 22.3. The molecule has 1 aromatic heterocycles. The molecule has 0 aliphatic heterocycles. The monoisotopic (exact) mass is 534 g/mol. The number of aromatic nitrogens is 2. The first kappa shape index (κ1) is 27.5. The Balaban J connectivity index is 1.40. The highest BCUT2D eigenvalue weighted by atomic mass is 16.6. The van der Waals surface area contributed by atoms with Gasteiger partial charge in [0.2, 0.25) is 0 Å². The van der Waals surface area contributed by atoms with Crippen molar-refractivity contribution in [3.8, 4) is 5.69 Å². The molecule has 0 bridgehead atoms. The van der Waals surface area contributed by atoms with E-state index in [2.05, 4.69) is 5.10 Å². The number of aliphatic hydroxyl groups is 1. The molecule has 40 heavy (non-hydrogen) atoms. The Morgan fingerprint density at radius 2 is 1.12 bits per heavy atom. The number of nitrogens with zero attached hydrogens (tertiary/aromatic N) is 2. The van der Waals surface area contributed by atoms with Crippen LogP contribution >= 0.6 is 0 Å². The van der Waals surface area contributed by atoms with E-state index >= 15 is 0 Å². The SMILES string of the molecule is O[C@H](COCc1ccccc1)[C@@H](OCc1ccccc1)[C@H](OCc1ccccc1)c1cnn(-c2ccccc2)c1.